The number of nitrogens with two attached hydrogens (primary N) is 1. The summed E-state index contributed by atoms with van der Waals surface area (Å²) in [6.07, 6.45) is 4.10. The van der Waals surface area contributed by atoms with Crippen molar-refractivity contribution in [3.05, 3.63) is 35.9 Å². The molecule has 3 rings (SSSR count). The van der Waals surface area contributed by atoms with Crippen LogP contribution in [0.3, 0.4) is 0 Å². The van der Waals surface area contributed by atoms with E-state index in [1.165, 1.54) is 24.8 Å². The summed E-state index contributed by atoms with van der Waals surface area (Å²) in [5, 5.41) is 0. The van der Waals surface area contributed by atoms with Gasteiger partial charge in [-0.3, -0.25) is 4.90 Å². The maximum absolute atomic E-state index is 6.33. The first kappa shape index (κ1) is 13.1. The van der Waals surface area contributed by atoms with Gasteiger partial charge in [0.05, 0.1) is 6.10 Å². The third-order valence-electron chi connectivity index (χ3n) is 4.43. The third kappa shape index (κ3) is 3.16. The Labute approximate surface area is 115 Å². The van der Waals surface area contributed by atoms with E-state index in [9.17, 15) is 0 Å². The summed E-state index contributed by atoms with van der Waals surface area (Å²) in [4.78, 5) is 2.47. The highest BCUT2D eigenvalue weighted by atomic mass is 16.5. The van der Waals surface area contributed by atoms with Crippen LogP contribution in [0.5, 0.6) is 0 Å². The van der Waals surface area contributed by atoms with Gasteiger partial charge in [0.2, 0.25) is 0 Å². The molecule has 3 atom stereocenters. The molecule has 0 saturated carbocycles. The Balaban J connectivity index is 1.58. The summed E-state index contributed by atoms with van der Waals surface area (Å²) < 4.78 is 5.92. The maximum atomic E-state index is 6.33. The molecule has 0 aliphatic carbocycles. The van der Waals surface area contributed by atoms with Gasteiger partial charge in [0.15, 0.2) is 0 Å². The molecule has 2 aliphatic heterocycles. The molecule has 2 saturated heterocycles. The fourth-order valence-corrected chi connectivity index (χ4v) is 3.41. The van der Waals surface area contributed by atoms with Gasteiger partial charge in [-0.25, -0.2) is 0 Å². The van der Waals surface area contributed by atoms with Gasteiger partial charge in [-0.2, -0.15) is 0 Å². The summed E-state index contributed by atoms with van der Waals surface area (Å²) in [5.74, 6) is 0.518. The summed E-state index contributed by atoms with van der Waals surface area (Å²) in [7, 11) is 0. The molecule has 0 aromatic heterocycles. The lowest BCUT2D eigenvalue weighted by atomic mass is 9.92. The molecule has 104 valence electrons. The van der Waals surface area contributed by atoms with Gasteiger partial charge in [-0.1, -0.05) is 30.3 Å². The molecular weight excluding hydrogens is 236 g/mol. The van der Waals surface area contributed by atoms with Crippen LogP contribution in [0.2, 0.25) is 0 Å². The van der Waals surface area contributed by atoms with Crippen molar-refractivity contribution in [1.29, 1.82) is 0 Å². The van der Waals surface area contributed by atoms with Crippen LogP contribution in [0.1, 0.15) is 24.8 Å². The van der Waals surface area contributed by atoms with Crippen molar-refractivity contribution in [2.24, 2.45) is 11.7 Å². The van der Waals surface area contributed by atoms with Gasteiger partial charge in [-0.15, -0.1) is 0 Å². The van der Waals surface area contributed by atoms with Crippen molar-refractivity contribution in [2.75, 3.05) is 19.7 Å². The van der Waals surface area contributed by atoms with Crippen LogP contribution in [0.4, 0.5) is 0 Å². The number of ether oxygens (including phenoxy) is 1. The van der Waals surface area contributed by atoms with Crippen molar-refractivity contribution < 1.29 is 4.74 Å². The minimum Gasteiger partial charge on any atom is -0.378 e. The summed E-state index contributed by atoms with van der Waals surface area (Å²) in [6.45, 7) is 4.02. The molecule has 2 aliphatic rings. The molecular formula is C16H24N2O. The molecule has 0 spiro atoms. The van der Waals surface area contributed by atoms with Crippen molar-refractivity contribution in [3.63, 3.8) is 0 Å². The molecule has 3 heteroatoms. The van der Waals surface area contributed by atoms with E-state index in [1.807, 2.05) is 0 Å². The minimum absolute atomic E-state index is 0.270. The van der Waals surface area contributed by atoms with Crippen LogP contribution < -0.4 is 5.73 Å². The van der Waals surface area contributed by atoms with Crippen LogP contribution in [-0.4, -0.2) is 36.7 Å². The Kier molecular flexibility index (Phi) is 4.16. The molecule has 0 bridgehead atoms. The zero-order valence-corrected chi connectivity index (χ0v) is 11.5. The Hall–Kier alpha value is -0.900. The third-order valence-corrected chi connectivity index (χ3v) is 4.43. The van der Waals surface area contributed by atoms with E-state index >= 15 is 0 Å². The summed E-state index contributed by atoms with van der Waals surface area (Å²) in [5.41, 5.74) is 7.71. The second-order valence-corrected chi connectivity index (χ2v) is 5.91. The molecule has 2 fully saturated rings. The molecule has 1 aromatic carbocycles. The van der Waals surface area contributed by atoms with Gasteiger partial charge < -0.3 is 10.5 Å². The van der Waals surface area contributed by atoms with E-state index < -0.39 is 0 Å². The number of likely N-dealkylation sites (tertiary alicyclic amines) is 1. The second kappa shape index (κ2) is 6.04. The van der Waals surface area contributed by atoms with Crippen LogP contribution in [0.25, 0.3) is 0 Å². The normalized spacial score (nSPS) is 32.6. The molecule has 0 amide bonds. The first-order chi connectivity index (χ1) is 9.33. The second-order valence-electron chi connectivity index (χ2n) is 5.91. The number of benzene rings is 1. The van der Waals surface area contributed by atoms with Crippen molar-refractivity contribution in [2.45, 2.75) is 38.0 Å². The Morgan fingerprint density at radius 1 is 1.16 bits per heavy atom. The quantitative estimate of drug-likeness (QED) is 0.903. The van der Waals surface area contributed by atoms with Crippen LogP contribution >= 0.6 is 0 Å². The minimum atomic E-state index is 0.270. The Morgan fingerprint density at radius 2 is 2.00 bits per heavy atom. The lowest BCUT2D eigenvalue weighted by Gasteiger charge is -2.29. The predicted octanol–water partition coefficient (Wildman–Crippen LogP) is 2.01. The highest BCUT2D eigenvalue weighted by Gasteiger charge is 2.36. The number of rotatable bonds is 3. The van der Waals surface area contributed by atoms with E-state index in [-0.39, 0.29) is 6.04 Å². The van der Waals surface area contributed by atoms with Gasteiger partial charge in [0, 0.05) is 38.2 Å². The molecule has 2 N–H and O–H groups in total. The lowest BCUT2D eigenvalue weighted by molar-refractivity contribution is -0.0214. The van der Waals surface area contributed by atoms with Gasteiger partial charge in [0.25, 0.3) is 0 Å². The van der Waals surface area contributed by atoms with E-state index in [0.29, 0.717) is 12.0 Å². The lowest BCUT2D eigenvalue weighted by Crippen LogP contribution is -2.39. The standard InChI is InChI=1S/C16H24N2O/c17-15-12-18(10-13-6-2-1-3-7-13)11-14(15)16-8-4-5-9-19-16/h1-3,6-7,14-16H,4-5,8-12,17H2/t14-,15-,16-/m1/s1. The van der Waals surface area contributed by atoms with Crippen LogP contribution in [0.15, 0.2) is 30.3 Å². The molecule has 3 nitrogen and oxygen atoms in total. The smallest absolute Gasteiger partial charge is 0.0630 e. The first-order valence-corrected chi connectivity index (χ1v) is 7.46. The number of hydrogen-bond acceptors (Lipinski definition) is 3. The molecule has 1 aromatic rings. The van der Waals surface area contributed by atoms with E-state index in [2.05, 4.69) is 35.2 Å². The Morgan fingerprint density at radius 3 is 2.74 bits per heavy atom. The topological polar surface area (TPSA) is 38.5 Å². The van der Waals surface area contributed by atoms with E-state index in [0.717, 1.165) is 26.2 Å². The zero-order chi connectivity index (χ0) is 13.1. The highest BCUT2D eigenvalue weighted by Crippen LogP contribution is 2.28. The molecule has 0 radical (unpaired) electrons. The maximum Gasteiger partial charge on any atom is 0.0630 e. The fraction of sp³-hybridized carbons (Fsp3) is 0.625. The van der Waals surface area contributed by atoms with Gasteiger partial charge in [0.1, 0.15) is 0 Å². The van der Waals surface area contributed by atoms with Crippen molar-refractivity contribution in [3.8, 4) is 0 Å². The number of hydrogen-bond donors (Lipinski definition) is 1. The van der Waals surface area contributed by atoms with Gasteiger partial charge >= 0.3 is 0 Å². The first-order valence-electron chi connectivity index (χ1n) is 7.46. The largest absolute Gasteiger partial charge is 0.378 e. The average molecular weight is 260 g/mol. The highest BCUT2D eigenvalue weighted by molar-refractivity contribution is 5.15. The number of nitrogens with zero attached hydrogens (tertiary/aromatic N) is 1. The van der Waals surface area contributed by atoms with Crippen LogP contribution in [0, 0.1) is 5.92 Å². The van der Waals surface area contributed by atoms with Crippen LogP contribution in [-0.2, 0) is 11.3 Å². The predicted molar refractivity (Wildman–Crippen MR) is 76.8 cm³/mol. The van der Waals surface area contributed by atoms with Crippen molar-refractivity contribution >= 4 is 0 Å². The van der Waals surface area contributed by atoms with E-state index in [1.54, 1.807) is 0 Å². The summed E-state index contributed by atoms with van der Waals surface area (Å²) >= 11 is 0. The van der Waals surface area contributed by atoms with Crippen molar-refractivity contribution in [1.82, 2.24) is 4.90 Å². The Bertz CT molecular complexity index is 389. The zero-order valence-electron chi connectivity index (χ0n) is 11.5. The van der Waals surface area contributed by atoms with E-state index in [4.69, 9.17) is 10.5 Å². The SMILES string of the molecule is N[C@@H]1CN(Cc2ccccc2)C[C@H]1[C@H]1CCCCO1. The fourth-order valence-electron chi connectivity index (χ4n) is 3.41. The van der Waals surface area contributed by atoms with Gasteiger partial charge in [-0.05, 0) is 24.8 Å². The molecule has 19 heavy (non-hydrogen) atoms. The monoisotopic (exact) mass is 260 g/mol. The molecule has 2 heterocycles. The summed E-state index contributed by atoms with van der Waals surface area (Å²) in [6, 6.07) is 10.9. The average Bonchev–Trinajstić information content (AvgIpc) is 2.82. The molecule has 0 unspecified atom stereocenters.